The Morgan fingerprint density at radius 3 is 2.82 bits per heavy atom. The highest BCUT2D eigenvalue weighted by Gasteiger charge is 2.25. The number of nitrogens with zero attached hydrogens (tertiary/aromatic N) is 1. The average molecular weight is 300 g/mol. The molecule has 0 bridgehead atoms. The molecule has 0 aromatic heterocycles. The molecule has 94 valence electrons. The zero-order chi connectivity index (χ0) is 12.3. The Morgan fingerprint density at radius 1 is 1.41 bits per heavy atom. The number of aryl methyl sites for hydroxylation is 1. The lowest BCUT2D eigenvalue weighted by Gasteiger charge is -2.39. The summed E-state index contributed by atoms with van der Waals surface area (Å²) in [5.74, 6) is 0.689. The second-order valence-corrected chi connectivity index (χ2v) is 5.82. The van der Waals surface area contributed by atoms with Gasteiger partial charge in [-0.05, 0) is 49.4 Å². The maximum absolute atomic E-state index is 13.6. The van der Waals surface area contributed by atoms with E-state index in [0.29, 0.717) is 0 Å². The second kappa shape index (κ2) is 5.96. The number of benzene rings is 1. The van der Waals surface area contributed by atoms with Crippen LogP contribution in [0.3, 0.4) is 0 Å². The van der Waals surface area contributed by atoms with Crippen molar-refractivity contribution >= 4 is 15.9 Å². The van der Waals surface area contributed by atoms with Gasteiger partial charge in [-0.25, -0.2) is 4.39 Å². The Hall–Kier alpha value is -0.410. The molecule has 0 aliphatic carbocycles. The van der Waals surface area contributed by atoms with Gasteiger partial charge in [-0.1, -0.05) is 28.9 Å². The highest BCUT2D eigenvalue weighted by atomic mass is 79.9. The molecule has 1 aliphatic heterocycles. The fourth-order valence-corrected chi connectivity index (χ4v) is 2.78. The fourth-order valence-electron chi connectivity index (χ4n) is 2.44. The van der Waals surface area contributed by atoms with E-state index in [0.717, 1.165) is 28.8 Å². The van der Waals surface area contributed by atoms with Gasteiger partial charge in [-0.3, -0.25) is 0 Å². The van der Waals surface area contributed by atoms with Gasteiger partial charge in [0.15, 0.2) is 0 Å². The minimum atomic E-state index is -0.0795. The van der Waals surface area contributed by atoms with Crippen LogP contribution in [0, 0.1) is 11.7 Å². The van der Waals surface area contributed by atoms with Gasteiger partial charge in [0, 0.05) is 17.6 Å². The highest BCUT2D eigenvalue weighted by molar-refractivity contribution is 9.10. The first-order valence-electron chi connectivity index (χ1n) is 6.35. The van der Waals surface area contributed by atoms with Crippen LogP contribution in [0.15, 0.2) is 22.7 Å². The number of likely N-dealkylation sites (tertiary alicyclic amines) is 1. The van der Waals surface area contributed by atoms with Crippen molar-refractivity contribution in [3.63, 3.8) is 0 Å². The molecule has 0 radical (unpaired) electrons. The summed E-state index contributed by atoms with van der Waals surface area (Å²) in [5, 5.41) is 0. The van der Waals surface area contributed by atoms with Crippen LogP contribution in [0.5, 0.6) is 0 Å². The van der Waals surface area contributed by atoms with Crippen LogP contribution < -0.4 is 0 Å². The van der Waals surface area contributed by atoms with Gasteiger partial charge in [0.05, 0.1) is 0 Å². The maximum atomic E-state index is 13.6. The number of hydrogen-bond donors (Lipinski definition) is 0. The van der Waals surface area contributed by atoms with Gasteiger partial charge in [0.25, 0.3) is 0 Å². The first kappa shape index (κ1) is 13.0. The third kappa shape index (κ3) is 3.52. The molecule has 0 unspecified atom stereocenters. The van der Waals surface area contributed by atoms with E-state index in [1.807, 2.05) is 12.1 Å². The van der Waals surface area contributed by atoms with Crippen molar-refractivity contribution in [2.24, 2.45) is 5.92 Å². The molecule has 0 atom stereocenters. The van der Waals surface area contributed by atoms with E-state index in [-0.39, 0.29) is 5.82 Å². The Labute approximate surface area is 111 Å². The highest BCUT2D eigenvalue weighted by Crippen LogP contribution is 2.23. The summed E-state index contributed by atoms with van der Waals surface area (Å²) in [5.41, 5.74) is 0.849. The van der Waals surface area contributed by atoms with E-state index in [9.17, 15) is 4.39 Å². The molecule has 1 aliphatic rings. The first-order chi connectivity index (χ1) is 8.19. The van der Waals surface area contributed by atoms with E-state index in [4.69, 9.17) is 0 Å². The zero-order valence-corrected chi connectivity index (χ0v) is 11.8. The zero-order valence-electron chi connectivity index (χ0n) is 10.3. The van der Waals surface area contributed by atoms with E-state index in [1.165, 1.54) is 26.1 Å². The lowest BCUT2D eigenvalue weighted by Crippen LogP contribution is -2.46. The Bertz CT molecular complexity index is 374. The maximum Gasteiger partial charge on any atom is 0.127 e. The SMILES string of the molecule is CCCN1CC(CCc2ccc(Br)cc2F)C1. The molecule has 2 rings (SSSR count). The van der Waals surface area contributed by atoms with Crippen molar-refractivity contribution in [3.8, 4) is 0 Å². The largest absolute Gasteiger partial charge is 0.303 e. The molecule has 1 fully saturated rings. The molecule has 3 heteroatoms. The predicted octanol–water partition coefficient (Wildman–Crippen LogP) is 3.86. The molecule has 0 N–H and O–H groups in total. The third-order valence-electron chi connectivity index (χ3n) is 3.41. The van der Waals surface area contributed by atoms with E-state index in [1.54, 1.807) is 6.07 Å². The molecule has 1 aromatic carbocycles. The van der Waals surface area contributed by atoms with Crippen molar-refractivity contribution in [2.45, 2.75) is 26.2 Å². The minimum Gasteiger partial charge on any atom is -0.303 e. The van der Waals surface area contributed by atoms with Crippen LogP contribution in [0.1, 0.15) is 25.3 Å². The summed E-state index contributed by atoms with van der Waals surface area (Å²) in [7, 11) is 0. The summed E-state index contributed by atoms with van der Waals surface area (Å²) in [4.78, 5) is 2.47. The van der Waals surface area contributed by atoms with E-state index >= 15 is 0 Å². The average Bonchev–Trinajstić information content (AvgIpc) is 2.23. The van der Waals surface area contributed by atoms with Crippen LogP contribution in [0.25, 0.3) is 0 Å². The number of halogens is 2. The summed E-state index contributed by atoms with van der Waals surface area (Å²) in [6.07, 6.45) is 3.20. The molecule has 1 saturated heterocycles. The lowest BCUT2D eigenvalue weighted by molar-refractivity contribution is 0.0947. The van der Waals surface area contributed by atoms with Crippen LogP contribution in [0.4, 0.5) is 4.39 Å². The number of hydrogen-bond acceptors (Lipinski definition) is 1. The molecule has 1 nitrogen and oxygen atoms in total. The summed E-state index contributed by atoms with van der Waals surface area (Å²) >= 11 is 3.28. The first-order valence-corrected chi connectivity index (χ1v) is 7.14. The minimum absolute atomic E-state index is 0.0795. The Balaban J connectivity index is 1.76. The van der Waals surface area contributed by atoms with Gasteiger partial charge in [0.1, 0.15) is 5.82 Å². The fraction of sp³-hybridized carbons (Fsp3) is 0.571. The molecular formula is C14H19BrFN. The van der Waals surface area contributed by atoms with Crippen LogP contribution in [0.2, 0.25) is 0 Å². The molecule has 0 amide bonds. The van der Waals surface area contributed by atoms with Crippen molar-refractivity contribution in [2.75, 3.05) is 19.6 Å². The molecule has 0 spiro atoms. The molecule has 1 heterocycles. The Kier molecular flexibility index (Phi) is 4.57. The van der Waals surface area contributed by atoms with Gasteiger partial charge in [-0.15, -0.1) is 0 Å². The van der Waals surface area contributed by atoms with Crippen molar-refractivity contribution in [1.82, 2.24) is 4.90 Å². The Morgan fingerprint density at radius 2 is 2.18 bits per heavy atom. The smallest absolute Gasteiger partial charge is 0.127 e. The van der Waals surface area contributed by atoms with Gasteiger partial charge in [0.2, 0.25) is 0 Å². The summed E-state index contributed by atoms with van der Waals surface area (Å²) in [6.45, 7) is 5.83. The van der Waals surface area contributed by atoms with Crippen molar-refractivity contribution in [1.29, 1.82) is 0 Å². The van der Waals surface area contributed by atoms with Crippen LogP contribution in [-0.2, 0) is 6.42 Å². The van der Waals surface area contributed by atoms with E-state index in [2.05, 4.69) is 27.8 Å². The van der Waals surface area contributed by atoms with E-state index < -0.39 is 0 Å². The standard InChI is InChI=1S/C14H19BrFN/c1-2-7-17-9-11(10-17)3-4-12-5-6-13(15)8-14(12)16/h5-6,8,11H,2-4,7,9-10H2,1H3. The van der Waals surface area contributed by atoms with Gasteiger partial charge >= 0.3 is 0 Å². The lowest BCUT2D eigenvalue weighted by atomic mass is 9.92. The van der Waals surface area contributed by atoms with Crippen LogP contribution in [-0.4, -0.2) is 24.5 Å². The van der Waals surface area contributed by atoms with Gasteiger partial charge < -0.3 is 4.90 Å². The molecule has 17 heavy (non-hydrogen) atoms. The van der Waals surface area contributed by atoms with Crippen molar-refractivity contribution < 1.29 is 4.39 Å². The summed E-state index contributed by atoms with van der Waals surface area (Å²) in [6, 6.07) is 5.37. The second-order valence-electron chi connectivity index (χ2n) is 4.90. The molecule has 1 aromatic rings. The molecular weight excluding hydrogens is 281 g/mol. The predicted molar refractivity (Wildman–Crippen MR) is 72.6 cm³/mol. The normalized spacial score (nSPS) is 17.1. The third-order valence-corrected chi connectivity index (χ3v) is 3.90. The monoisotopic (exact) mass is 299 g/mol. The van der Waals surface area contributed by atoms with Crippen molar-refractivity contribution in [3.05, 3.63) is 34.1 Å². The van der Waals surface area contributed by atoms with Crippen LogP contribution >= 0.6 is 15.9 Å². The molecule has 0 saturated carbocycles. The number of rotatable bonds is 5. The summed E-state index contributed by atoms with van der Waals surface area (Å²) < 4.78 is 14.4. The topological polar surface area (TPSA) is 3.24 Å². The quantitative estimate of drug-likeness (QED) is 0.798. The van der Waals surface area contributed by atoms with Gasteiger partial charge in [-0.2, -0.15) is 0 Å².